The molecule has 2 aromatic heterocycles. The van der Waals surface area contributed by atoms with Gasteiger partial charge in [-0.2, -0.15) is 0 Å². The summed E-state index contributed by atoms with van der Waals surface area (Å²) in [5.74, 6) is 1.58. The fraction of sp³-hybridized carbons (Fsp3) is 0.692. The Morgan fingerprint density at radius 1 is 1.30 bits per heavy atom. The quantitative estimate of drug-likeness (QED) is 0.899. The van der Waals surface area contributed by atoms with E-state index in [1.165, 1.54) is 11.2 Å². The summed E-state index contributed by atoms with van der Waals surface area (Å²) in [6.45, 7) is 8.05. The first-order chi connectivity index (χ1) is 9.70. The molecule has 3 rings (SSSR count). The van der Waals surface area contributed by atoms with Crippen molar-refractivity contribution in [2.24, 2.45) is 5.92 Å². The van der Waals surface area contributed by atoms with E-state index in [1.807, 2.05) is 12.1 Å². The molecule has 1 aliphatic rings. The van der Waals surface area contributed by atoms with Crippen molar-refractivity contribution in [1.29, 1.82) is 0 Å². The predicted molar refractivity (Wildman–Crippen MR) is 76.5 cm³/mol. The number of aromatic nitrogens is 5. The minimum atomic E-state index is 0.486. The number of nitrogens with one attached hydrogen (secondary N) is 1. The molecule has 0 unspecified atom stereocenters. The molecule has 1 aliphatic heterocycles. The average molecular weight is 275 g/mol. The summed E-state index contributed by atoms with van der Waals surface area (Å²) in [5.41, 5.74) is 0.669. The number of hydrogen-bond acceptors (Lipinski definition) is 6. The Bertz CT molecular complexity index is 557. The normalized spacial score (nSPS) is 17.9. The van der Waals surface area contributed by atoms with Crippen molar-refractivity contribution in [2.75, 3.05) is 25.0 Å². The summed E-state index contributed by atoms with van der Waals surface area (Å²) in [6.07, 6.45) is 2.31. The van der Waals surface area contributed by atoms with E-state index in [4.69, 9.17) is 0 Å². The summed E-state index contributed by atoms with van der Waals surface area (Å²) in [4.78, 5) is 2.54. The lowest BCUT2D eigenvalue weighted by Gasteiger charge is -2.33. The van der Waals surface area contributed by atoms with Gasteiger partial charge in [-0.15, -0.1) is 14.8 Å². The first-order valence-electron chi connectivity index (χ1n) is 7.25. The molecule has 0 bridgehead atoms. The molecule has 7 heteroatoms. The van der Waals surface area contributed by atoms with Crippen LogP contribution in [-0.4, -0.2) is 55.8 Å². The number of rotatable bonds is 4. The van der Waals surface area contributed by atoms with E-state index in [0.717, 1.165) is 37.7 Å². The molecule has 0 radical (unpaired) electrons. The molecule has 7 nitrogen and oxygen atoms in total. The highest BCUT2D eigenvalue weighted by atomic mass is 15.6. The van der Waals surface area contributed by atoms with Gasteiger partial charge in [0.2, 0.25) is 0 Å². The van der Waals surface area contributed by atoms with Crippen LogP contribution in [0.15, 0.2) is 12.1 Å². The zero-order valence-corrected chi connectivity index (χ0v) is 12.0. The molecule has 1 fully saturated rings. The molecule has 2 aromatic rings. The first-order valence-corrected chi connectivity index (χ1v) is 7.25. The Hall–Kier alpha value is -1.76. The maximum atomic E-state index is 4.35. The van der Waals surface area contributed by atoms with Crippen molar-refractivity contribution in [3.05, 3.63) is 12.1 Å². The Kier molecular flexibility index (Phi) is 3.77. The molecule has 0 aliphatic carbocycles. The Balaban J connectivity index is 1.56. The molecule has 0 atom stereocenters. The molecule has 20 heavy (non-hydrogen) atoms. The van der Waals surface area contributed by atoms with Gasteiger partial charge < -0.3 is 10.2 Å². The molecule has 0 aromatic carbocycles. The van der Waals surface area contributed by atoms with E-state index < -0.39 is 0 Å². The van der Waals surface area contributed by atoms with Crippen LogP contribution in [0, 0.1) is 5.92 Å². The molecular formula is C13H21N7. The van der Waals surface area contributed by atoms with Crippen molar-refractivity contribution in [2.45, 2.75) is 32.7 Å². The second kappa shape index (κ2) is 5.70. The van der Waals surface area contributed by atoms with Crippen LogP contribution in [0.2, 0.25) is 0 Å². The molecule has 1 N–H and O–H groups in total. The van der Waals surface area contributed by atoms with E-state index in [-0.39, 0.29) is 0 Å². The molecule has 0 spiro atoms. The van der Waals surface area contributed by atoms with Gasteiger partial charge in [0.05, 0.1) is 0 Å². The van der Waals surface area contributed by atoms with Gasteiger partial charge in [0.15, 0.2) is 5.65 Å². The van der Waals surface area contributed by atoms with Gasteiger partial charge in [-0.25, -0.2) is 0 Å². The number of piperidine rings is 1. The SMILES string of the molecule is CC(C)CN1CCC(Nc2ccc3nnnn3n2)CC1. The highest BCUT2D eigenvalue weighted by molar-refractivity contribution is 5.42. The van der Waals surface area contributed by atoms with Crippen molar-refractivity contribution in [1.82, 2.24) is 30.2 Å². The maximum Gasteiger partial charge on any atom is 0.200 e. The average Bonchev–Trinajstić information content (AvgIpc) is 2.88. The Morgan fingerprint density at radius 3 is 2.85 bits per heavy atom. The van der Waals surface area contributed by atoms with Crippen molar-refractivity contribution < 1.29 is 0 Å². The van der Waals surface area contributed by atoms with Crippen LogP contribution in [-0.2, 0) is 0 Å². The Labute approximate surface area is 118 Å². The molecular weight excluding hydrogens is 254 g/mol. The molecule has 3 heterocycles. The number of likely N-dealkylation sites (tertiary alicyclic amines) is 1. The van der Waals surface area contributed by atoms with Crippen LogP contribution < -0.4 is 5.32 Å². The topological polar surface area (TPSA) is 71.2 Å². The number of fused-ring (bicyclic) bond motifs is 1. The van der Waals surface area contributed by atoms with Crippen LogP contribution in [0.25, 0.3) is 5.65 Å². The smallest absolute Gasteiger partial charge is 0.200 e. The lowest BCUT2D eigenvalue weighted by atomic mass is 10.0. The van der Waals surface area contributed by atoms with Gasteiger partial charge in [-0.05, 0) is 41.3 Å². The first kappa shape index (κ1) is 13.2. The van der Waals surface area contributed by atoms with Crippen LogP contribution in [0.5, 0.6) is 0 Å². The van der Waals surface area contributed by atoms with E-state index in [0.29, 0.717) is 11.7 Å². The molecule has 0 amide bonds. The van der Waals surface area contributed by atoms with E-state index >= 15 is 0 Å². The highest BCUT2D eigenvalue weighted by Gasteiger charge is 2.19. The lowest BCUT2D eigenvalue weighted by molar-refractivity contribution is 0.198. The lowest BCUT2D eigenvalue weighted by Crippen LogP contribution is -2.40. The summed E-state index contributed by atoms with van der Waals surface area (Å²) in [5, 5.41) is 19.1. The highest BCUT2D eigenvalue weighted by Crippen LogP contribution is 2.16. The number of nitrogens with zero attached hydrogens (tertiary/aromatic N) is 6. The van der Waals surface area contributed by atoms with Crippen molar-refractivity contribution >= 4 is 11.5 Å². The van der Waals surface area contributed by atoms with Gasteiger partial charge in [-0.1, -0.05) is 13.8 Å². The van der Waals surface area contributed by atoms with Gasteiger partial charge in [0.1, 0.15) is 5.82 Å². The molecule has 0 saturated carbocycles. The second-order valence-electron chi connectivity index (χ2n) is 5.86. The molecule has 1 saturated heterocycles. The predicted octanol–water partition coefficient (Wildman–Crippen LogP) is 1.05. The van der Waals surface area contributed by atoms with Gasteiger partial charge in [0, 0.05) is 25.7 Å². The van der Waals surface area contributed by atoms with Gasteiger partial charge >= 0.3 is 0 Å². The van der Waals surface area contributed by atoms with Crippen LogP contribution in [0.3, 0.4) is 0 Å². The zero-order chi connectivity index (χ0) is 13.9. The summed E-state index contributed by atoms with van der Waals surface area (Å²) in [6, 6.07) is 4.30. The maximum absolute atomic E-state index is 4.35. The fourth-order valence-electron chi connectivity index (χ4n) is 2.71. The zero-order valence-electron chi connectivity index (χ0n) is 12.0. The third kappa shape index (κ3) is 3.04. The van der Waals surface area contributed by atoms with Gasteiger partial charge in [-0.3, -0.25) is 0 Å². The Morgan fingerprint density at radius 2 is 2.10 bits per heavy atom. The summed E-state index contributed by atoms with van der Waals surface area (Å²) < 4.78 is 1.45. The van der Waals surface area contributed by atoms with Crippen LogP contribution >= 0.6 is 0 Å². The third-order valence-electron chi connectivity index (χ3n) is 3.63. The van der Waals surface area contributed by atoms with E-state index in [9.17, 15) is 0 Å². The standard InChI is InChI=1S/C13H21N7/c1-10(2)9-19-7-5-11(6-8-19)14-12-3-4-13-15-17-18-20(13)16-12/h3-4,10-11H,5-9H2,1-2H3,(H,14,16). The summed E-state index contributed by atoms with van der Waals surface area (Å²) >= 11 is 0. The number of anilines is 1. The monoisotopic (exact) mass is 275 g/mol. The number of hydrogen-bond donors (Lipinski definition) is 1. The largest absolute Gasteiger partial charge is 0.366 e. The van der Waals surface area contributed by atoms with E-state index in [1.54, 1.807) is 0 Å². The summed E-state index contributed by atoms with van der Waals surface area (Å²) in [7, 11) is 0. The van der Waals surface area contributed by atoms with Crippen molar-refractivity contribution in [3.63, 3.8) is 0 Å². The third-order valence-corrected chi connectivity index (χ3v) is 3.63. The van der Waals surface area contributed by atoms with Crippen LogP contribution in [0.4, 0.5) is 5.82 Å². The van der Waals surface area contributed by atoms with E-state index in [2.05, 4.69) is 44.7 Å². The van der Waals surface area contributed by atoms with Crippen molar-refractivity contribution in [3.8, 4) is 0 Å². The minimum Gasteiger partial charge on any atom is -0.366 e. The fourth-order valence-corrected chi connectivity index (χ4v) is 2.71. The minimum absolute atomic E-state index is 0.486. The number of tetrazole rings is 1. The second-order valence-corrected chi connectivity index (χ2v) is 5.86. The van der Waals surface area contributed by atoms with Crippen LogP contribution in [0.1, 0.15) is 26.7 Å². The van der Waals surface area contributed by atoms with Gasteiger partial charge in [0.25, 0.3) is 0 Å². The molecule has 108 valence electrons.